The van der Waals surface area contributed by atoms with Crippen molar-refractivity contribution in [3.8, 4) is 11.4 Å². The lowest BCUT2D eigenvalue weighted by molar-refractivity contribution is -0.116. The third-order valence-corrected chi connectivity index (χ3v) is 2.65. The van der Waals surface area contributed by atoms with E-state index in [0.29, 0.717) is 6.54 Å². The first kappa shape index (κ1) is 13.0. The molecule has 19 heavy (non-hydrogen) atoms. The van der Waals surface area contributed by atoms with Crippen molar-refractivity contribution in [2.75, 3.05) is 0 Å². The van der Waals surface area contributed by atoms with Crippen LogP contribution in [-0.4, -0.2) is 15.9 Å². The lowest BCUT2D eigenvalue weighted by Crippen LogP contribution is -2.19. The van der Waals surface area contributed by atoms with Crippen LogP contribution in [0.1, 0.15) is 11.1 Å². The minimum absolute atomic E-state index is 0.190. The summed E-state index contributed by atoms with van der Waals surface area (Å²) in [6, 6.07) is 7.76. The van der Waals surface area contributed by atoms with Crippen molar-refractivity contribution in [1.82, 2.24) is 15.3 Å². The Kier molecular flexibility index (Phi) is 4.03. The van der Waals surface area contributed by atoms with Gasteiger partial charge in [-0.1, -0.05) is 18.7 Å². The maximum atomic E-state index is 11.0. The van der Waals surface area contributed by atoms with Gasteiger partial charge in [0.05, 0.1) is 11.4 Å². The molecule has 0 aromatic carbocycles. The fraction of sp³-hybridized carbons (Fsp3) is 0.133. The molecule has 0 aliphatic heterocycles. The highest BCUT2D eigenvalue weighted by Gasteiger charge is 2.01. The summed E-state index contributed by atoms with van der Waals surface area (Å²) in [5.74, 6) is -0.190. The van der Waals surface area contributed by atoms with Crippen molar-refractivity contribution in [3.63, 3.8) is 0 Å². The number of rotatable bonds is 4. The van der Waals surface area contributed by atoms with Crippen LogP contribution in [0.25, 0.3) is 11.4 Å². The predicted octanol–water partition coefficient (Wildman–Crippen LogP) is 2.25. The van der Waals surface area contributed by atoms with Crippen molar-refractivity contribution in [3.05, 3.63) is 60.4 Å². The molecule has 0 saturated heterocycles. The molecule has 0 spiro atoms. The first-order chi connectivity index (χ1) is 9.19. The third-order valence-electron chi connectivity index (χ3n) is 2.65. The van der Waals surface area contributed by atoms with Gasteiger partial charge in [0.2, 0.25) is 5.91 Å². The van der Waals surface area contributed by atoms with Crippen LogP contribution in [0.4, 0.5) is 0 Å². The number of nitrogens with zero attached hydrogens (tertiary/aromatic N) is 2. The van der Waals surface area contributed by atoms with Crippen LogP contribution in [-0.2, 0) is 11.3 Å². The molecule has 2 heterocycles. The number of aryl methyl sites for hydroxylation is 1. The van der Waals surface area contributed by atoms with Gasteiger partial charge in [0.15, 0.2) is 0 Å². The Hall–Kier alpha value is -2.49. The molecule has 0 unspecified atom stereocenters. The van der Waals surface area contributed by atoms with Gasteiger partial charge >= 0.3 is 0 Å². The number of hydrogen-bond donors (Lipinski definition) is 1. The zero-order valence-electron chi connectivity index (χ0n) is 10.8. The van der Waals surface area contributed by atoms with Gasteiger partial charge in [-0.15, -0.1) is 0 Å². The van der Waals surface area contributed by atoms with E-state index in [1.807, 2.05) is 37.4 Å². The SMILES string of the molecule is C=CC(=O)NCc1ccc(-c2ccc(C)cn2)nc1. The maximum Gasteiger partial charge on any atom is 0.243 e. The summed E-state index contributed by atoms with van der Waals surface area (Å²) in [4.78, 5) is 19.7. The van der Waals surface area contributed by atoms with Gasteiger partial charge in [0, 0.05) is 18.9 Å². The number of carbonyl (C=O) groups excluding carboxylic acids is 1. The van der Waals surface area contributed by atoms with Gasteiger partial charge < -0.3 is 5.32 Å². The second kappa shape index (κ2) is 5.91. The molecule has 2 aromatic heterocycles. The van der Waals surface area contributed by atoms with Crippen LogP contribution in [0.5, 0.6) is 0 Å². The van der Waals surface area contributed by atoms with Crippen LogP contribution in [0.3, 0.4) is 0 Å². The molecule has 4 nitrogen and oxygen atoms in total. The van der Waals surface area contributed by atoms with E-state index in [0.717, 1.165) is 22.5 Å². The highest BCUT2D eigenvalue weighted by molar-refractivity contribution is 5.86. The standard InChI is InChI=1S/C15H15N3O/c1-3-15(19)18-10-12-5-7-14(17-9-12)13-6-4-11(2)8-16-13/h3-9H,1,10H2,2H3,(H,18,19). The van der Waals surface area contributed by atoms with Crippen LogP contribution < -0.4 is 5.32 Å². The number of hydrogen-bond acceptors (Lipinski definition) is 3. The first-order valence-electron chi connectivity index (χ1n) is 5.97. The van der Waals surface area contributed by atoms with Gasteiger partial charge in [-0.25, -0.2) is 0 Å². The molecule has 0 atom stereocenters. The lowest BCUT2D eigenvalue weighted by atomic mass is 10.2. The second-order valence-corrected chi connectivity index (χ2v) is 4.19. The molecule has 0 saturated carbocycles. The summed E-state index contributed by atoms with van der Waals surface area (Å²) >= 11 is 0. The van der Waals surface area contributed by atoms with Crippen molar-refractivity contribution in [1.29, 1.82) is 0 Å². The summed E-state index contributed by atoms with van der Waals surface area (Å²) in [6.07, 6.45) is 4.80. The normalized spacial score (nSPS) is 9.95. The van der Waals surface area contributed by atoms with Crippen LogP contribution in [0, 0.1) is 6.92 Å². The van der Waals surface area contributed by atoms with Gasteiger partial charge in [0.25, 0.3) is 0 Å². The van der Waals surface area contributed by atoms with Gasteiger partial charge in [-0.05, 0) is 36.3 Å². The molecule has 1 N–H and O–H groups in total. The molecular formula is C15H15N3O. The molecule has 0 fully saturated rings. The van der Waals surface area contributed by atoms with Crippen LogP contribution in [0.2, 0.25) is 0 Å². The van der Waals surface area contributed by atoms with Gasteiger partial charge in [0.1, 0.15) is 0 Å². The monoisotopic (exact) mass is 253 g/mol. The minimum Gasteiger partial charge on any atom is -0.348 e. The number of pyridine rings is 2. The van der Waals surface area contributed by atoms with Crippen molar-refractivity contribution in [2.24, 2.45) is 0 Å². The second-order valence-electron chi connectivity index (χ2n) is 4.19. The van der Waals surface area contributed by atoms with Gasteiger partial charge in [-0.3, -0.25) is 14.8 Å². The Balaban J connectivity index is 2.07. The summed E-state index contributed by atoms with van der Waals surface area (Å²) in [5.41, 5.74) is 3.71. The fourth-order valence-electron chi connectivity index (χ4n) is 1.56. The van der Waals surface area contributed by atoms with Crippen LogP contribution >= 0.6 is 0 Å². The molecule has 4 heteroatoms. The molecule has 1 amide bonds. The highest BCUT2D eigenvalue weighted by atomic mass is 16.1. The van der Waals surface area contributed by atoms with Crippen molar-refractivity contribution >= 4 is 5.91 Å². The smallest absolute Gasteiger partial charge is 0.243 e. The Morgan fingerprint density at radius 2 is 1.89 bits per heavy atom. The van der Waals surface area contributed by atoms with Crippen LogP contribution in [0.15, 0.2) is 49.3 Å². The molecule has 0 aliphatic rings. The summed E-state index contributed by atoms with van der Waals surface area (Å²) < 4.78 is 0. The Morgan fingerprint density at radius 3 is 2.42 bits per heavy atom. The Labute approximate surface area is 112 Å². The molecule has 96 valence electrons. The highest BCUT2D eigenvalue weighted by Crippen LogP contribution is 2.14. The molecule has 0 radical (unpaired) electrons. The average Bonchev–Trinajstić information content (AvgIpc) is 2.46. The summed E-state index contributed by atoms with van der Waals surface area (Å²) in [5, 5.41) is 2.70. The van der Waals surface area contributed by atoms with E-state index in [9.17, 15) is 4.79 Å². The predicted molar refractivity (Wildman–Crippen MR) is 74.2 cm³/mol. The quantitative estimate of drug-likeness (QED) is 0.850. The number of carbonyl (C=O) groups is 1. The Morgan fingerprint density at radius 1 is 1.21 bits per heavy atom. The van der Waals surface area contributed by atoms with Crippen molar-refractivity contribution in [2.45, 2.75) is 13.5 Å². The van der Waals surface area contributed by atoms with Gasteiger partial charge in [-0.2, -0.15) is 0 Å². The fourth-order valence-corrected chi connectivity index (χ4v) is 1.56. The van der Waals surface area contributed by atoms with E-state index in [-0.39, 0.29) is 5.91 Å². The Bertz CT molecular complexity index is 573. The molecule has 0 aliphatic carbocycles. The minimum atomic E-state index is -0.190. The zero-order valence-corrected chi connectivity index (χ0v) is 10.8. The molecule has 2 rings (SSSR count). The first-order valence-corrected chi connectivity index (χ1v) is 5.97. The lowest BCUT2D eigenvalue weighted by Gasteiger charge is -2.04. The van der Waals surface area contributed by atoms with E-state index in [1.165, 1.54) is 6.08 Å². The number of aromatic nitrogens is 2. The van der Waals surface area contributed by atoms with E-state index < -0.39 is 0 Å². The van der Waals surface area contributed by atoms with E-state index in [4.69, 9.17) is 0 Å². The maximum absolute atomic E-state index is 11.0. The average molecular weight is 253 g/mol. The largest absolute Gasteiger partial charge is 0.348 e. The molecule has 2 aromatic rings. The van der Waals surface area contributed by atoms with E-state index in [2.05, 4.69) is 21.9 Å². The number of amides is 1. The summed E-state index contributed by atoms with van der Waals surface area (Å²) in [7, 11) is 0. The molecular weight excluding hydrogens is 238 g/mol. The third kappa shape index (κ3) is 3.48. The summed E-state index contributed by atoms with van der Waals surface area (Å²) in [6.45, 7) is 5.84. The molecule has 0 bridgehead atoms. The number of nitrogens with one attached hydrogen (secondary N) is 1. The zero-order chi connectivity index (χ0) is 13.7. The van der Waals surface area contributed by atoms with Crippen molar-refractivity contribution < 1.29 is 4.79 Å². The van der Waals surface area contributed by atoms with E-state index >= 15 is 0 Å². The van der Waals surface area contributed by atoms with E-state index in [1.54, 1.807) is 6.20 Å². The topological polar surface area (TPSA) is 54.9 Å².